The Labute approximate surface area is 143 Å². The van der Waals surface area contributed by atoms with Gasteiger partial charge in [-0.1, -0.05) is 0 Å². The van der Waals surface area contributed by atoms with Gasteiger partial charge in [-0.2, -0.15) is 0 Å². The monoisotopic (exact) mass is 333 g/mol. The standard InChI is InChI=1S/C17H27N5O2/c1-14(23)22-10-6-17(24,12-22)11-21-8-4-15(5-9-21)20(2)16-3-7-18-13-19-16/h3,7,13,15,24H,4-6,8-12H2,1-2H3. The first-order chi connectivity index (χ1) is 11.5. The molecule has 132 valence electrons. The number of β-amino-alcohol motifs (C(OH)–C–C–N with tert-alkyl or cyclic N) is 1. The summed E-state index contributed by atoms with van der Waals surface area (Å²) in [6, 6.07) is 2.40. The van der Waals surface area contributed by atoms with Gasteiger partial charge in [0.1, 0.15) is 12.1 Å². The molecule has 1 aromatic rings. The van der Waals surface area contributed by atoms with Crippen LogP contribution >= 0.6 is 0 Å². The van der Waals surface area contributed by atoms with Crippen LogP contribution in [0.3, 0.4) is 0 Å². The van der Waals surface area contributed by atoms with Crippen molar-refractivity contribution in [1.82, 2.24) is 19.8 Å². The Morgan fingerprint density at radius 3 is 2.75 bits per heavy atom. The maximum atomic E-state index is 11.5. The van der Waals surface area contributed by atoms with Gasteiger partial charge in [0, 0.05) is 52.4 Å². The minimum Gasteiger partial charge on any atom is -0.387 e. The van der Waals surface area contributed by atoms with E-state index in [-0.39, 0.29) is 5.91 Å². The smallest absolute Gasteiger partial charge is 0.219 e. The normalized spacial score (nSPS) is 25.9. The van der Waals surface area contributed by atoms with Crippen LogP contribution < -0.4 is 4.90 Å². The van der Waals surface area contributed by atoms with Crippen LogP contribution in [-0.2, 0) is 4.79 Å². The minimum absolute atomic E-state index is 0.0520. The molecule has 0 spiro atoms. The maximum absolute atomic E-state index is 11.5. The zero-order valence-electron chi connectivity index (χ0n) is 14.6. The first-order valence-electron chi connectivity index (χ1n) is 8.66. The molecular formula is C17H27N5O2. The Morgan fingerprint density at radius 2 is 2.17 bits per heavy atom. The molecule has 2 aliphatic rings. The first-order valence-corrected chi connectivity index (χ1v) is 8.66. The van der Waals surface area contributed by atoms with Crippen LogP contribution in [0.25, 0.3) is 0 Å². The highest BCUT2D eigenvalue weighted by atomic mass is 16.3. The number of amides is 1. The van der Waals surface area contributed by atoms with Crippen molar-refractivity contribution < 1.29 is 9.90 Å². The molecule has 2 aliphatic heterocycles. The molecule has 1 aromatic heterocycles. The summed E-state index contributed by atoms with van der Waals surface area (Å²) in [4.78, 5) is 26.0. The molecule has 24 heavy (non-hydrogen) atoms. The van der Waals surface area contributed by atoms with Gasteiger partial charge in [-0.25, -0.2) is 9.97 Å². The largest absolute Gasteiger partial charge is 0.387 e. The predicted octanol–water partition coefficient (Wildman–Crippen LogP) is 0.361. The Hall–Kier alpha value is -1.73. The number of carbonyl (C=O) groups is 1. The van der Waals surface area contributed by atoms with Crippen molar-refractivity contribution in [3.05, 3.63) is 18.6 Å². The summed E-state index contributed by atoms with van der Waals surface area (Å²) >= 11 is 0. The molecule has 2 saturated heterocycles. The summed E-state index contributed by atoms with van der Waals surface area (Å²) in [6.45, 7) is 5.27. The van der Waals surface area contributed by atoms with Gasteiger partial charge in [-0.05, 0) is 25.3 Å². The number of likely N-dealkylation sites (tertiary alicyclic amines) is 2. The van der Waals surface area contributed by atoms with Crippen LogP contribution in [-0.4, -0.2) is 82.2 Å². The zero-order valence-corrected chi connectivity index (χ0v) is 14.6. The molecule has 3 rings (SSSR count). The highest BCUT2D eigenvalue weighted by Crippen LogP contribution is 2.25. The molecule has 1 amide bonds. The number of hydrogen-bond donors (Lipinski definition) is 1. The van der Waals surface area contributed by atoms with Crippen LogP contribution in [0, 0.1) is 0 Å². The van der Waals surface area contributed by atoms with Gasteiger partial charge in [-0.15, -0.1) is 0 Å². The van der Waals surface area contributed by atoms with Crippen LogP contribution in [0.4, 0.5) is 5.82 Å². The van der Waals surface area contributed by atoms with E-state index < -0.39 is 5.60 Å². The molecule has 7 nitrogen and oxygen atoms in total. The number of hydrogen-bond acceptors (Lipinski definition) is 6. The Kier molecular flexibility index (Phi) is 5.01. The second-order valence-electron chi connectivity index (χ2n) is 7.10. The maximum Gasteiger partial charge on any atom is 0.219 e. The SMILES string of the molecule is CC(=O)N1CCC(O)(CN2CCC(N(C)c3ccncn3)CC2)C1. The van der Waals surface area contributed by atoms with Crippen molar-refractivity contribution in [1.29, 1.82) is 0 Å². The van der Waals surface area contributed by atoms with Crippen LogP contribution in [0.15, 0.2) is 18.6 Å². The lowest BCUT2D eigenvalue weighted by molar-refractivity contribution is -0.129. The Bertz CT molecular complexity index is 561. The number of piperidine rings is 1. The fourth-order valence-electron chi connectivity index (χ4n) is 3.81. The van der Waals surface area contributed by atoms with Gasteiger partial charge in [0.2, 0.25) is 5.91 Å². The van der Waals surface area contributed by atoms with Gasteiger partial charge in [0.15, 0.2) is 0 Å². The van der Waals surface area contributed by atoms with Crippen LogP contribution in [0.1, 0.15) is 26.2 Å². The Morgan fingerprint density at radius 1 is 1.42 bits per heavy atom. The summed E-state index contributed by atoms with van der Waals surface area (Å²) in [5.41, 5.74) is -0.753. The third-order valence-electron chi connectivity index (χ3n) is 5.33. The van der Waals surface area contributed by atoms with E-state index in [0.29, 0.717) is 32.1 Å². The van der Waals surface area contributed by atoms with Crippen molar-refractivity contribution in [2.24, 2.45) is 0 Å². The highest BCUT2D eigenvalue weighted by Gasteiger charge is 2.39. The molecule has 1 atom stereocenters. The van der Waals surface area contributed by atoms with Crippen molar-refractivity contribution in [2.45, 2.75) is 37.8 Å². The van der Waals surface area contributed by atoms with Crippen molar-refractivity contribution in [2.75, 3.05) is 44.7 Å². The Balaban J connectivity index is 1.50. The molecule has 0 bridgehead atoms. The van der Waals surface area contributed by atoms with E-state index in [4.69, 9.17) is 0 Å². The number of aromatic nitrogens is 2. The molecule has 0 radical (unpaired) electrons. The molecule has 0 saturated carbocycles. The number of aliphatic hydroxyl groups is 1. The lowest BCUT2D eigenvalue weighted by Crippen LogP contribution is -2.50. The second kappa shape index (κ2) is 7.03. The van der Waals surface area contributed by atoms with Gasteiger partial charge in [0.25, 0.3) is 0 Å². The van der Waals surface area contributed by atoms with E-state index in [1.54, 1.807) is 24.3 Å². The zero-order chi connectivity index (χ0) is 17.2. The highest BCUT2D eigenvalue weighted by molar-refractivity contribution is 5.73. The summed E-state index contributed by atoms with van der Waals surface area (Å²) in [7, 11) is 2.08. The van der Waals surface area contributed by atoms with E-state index in [0.717, 1.165) is 31.7 Å². The molecule has 1 unspecified atom stereocenters. The number of anilines is 1. The van der Waals surface area contributed by atoms with E-state index in [9.17, 15) is 9.90 Å². The number of nitrogens with zero attached hydrogens (tertiary/aromatic N) is 5. The fourth-order valence-corrected chi connectivity index (χ4v) is 3.81. The number of rotatable bonds is 4. The van der Waals surface area contributed by atoms with Crippen LogP contribution in [0.2, 0.25) is 0 Å². The van der Waals surface area contributed by atoms with E-state index in [2.05, 4.69) is 26.8 Å². The van der Waals surface area contributed by atoms with Gasteiger partial charge in [0.05, 0.1) is 12.1 Å². The van der Waals surface area contributed by atoms with E-state index >= 15 is 0 Å². The summed E-state index contributed by atoms with van der Waals surface area (Å²) in [6.07, 6.45) is 6.12. The topological polar surface area (TPSA) is 72.8 Å². The predicted molar refractivity (Wildman–Crippen MR) is 91.7 cm³/mol. The third kappa shape index (κ3) is 3.84. The molecule has 2 fully saturated rings. The van der Waals surface area contributed by atoms with E-state index in [1.165, 1.54) is 0 Å². The third-order valence-corrected chi connectivity index (χ3v) is 5.33. The van der Waals surface area contributed by atoms with E-state index in [1.807, 2.05) is 6.07 Å². The minimum atomic E-state index is -0.753. The van der Waals surface area contributed by atoms with Gasteiger partial charge in [-0.3, -0.25) is 4.79 Å². The number of carbonyl (C=O) groups excluding carboxylic acids is 1. The van der Waals surface area contributed by atoms with Crippen molar-refractivity contribution in [3.63, 3.8) is 0 Å². The van der Waals surface area contributed by atoms with Crippen LogP contribution in [0.5, 0.6) is 0 Å². The molecule has 7 heteroatoms. The van der Waals surface area contributed by atoms with Gasteiger partial charge < -0.3 is 19.8 Å². The molecule has 0 aliphatic carbocycles. The summed E-state index contributed by atoms with van der Waals surface area (Å²) in [5, 5.41) is 10.8. The quantitative estimate of drug-likeness (QED) is 0.858. The molecule has 0 aromatic carbocycles. The van der Waals surface area contributed by atoms with Crippen molar-refractivity contribution >= 4 is 11.7 Å². The summed E-state index contributed by atoms with van der Waals surface area (Å²) in [5.74, 6) is 1.01. The van der Waals surface area contributed by atoms with Gasteiger partial charge >= 0.3 is 0 Å². The first kappa shape index (κ1) is 17.1. The average molecular weight is 333 g/mol. The average Bonchev–Trinajstić information content (AvgIpc) is 2.98. The second-order valence-corrected chi connectivity index (χ2v) is 7.10. The lowest BCUT2D eigenvalue weighted by Gasteiger charge is -2.39. The molecule has 3 heterocycles. The fraction of sp³-hybridized carbons (Fsp3) is 0.706. The summed E-state index contributed by atoms with van der Waals surface area (Å²) < 4.78 is 0. The lowest BCUT2D eigenvalue weighted by atomic mass is 9.98. The van der Waals surface area contributed by atoms with Crippen molar-refractivity contribution in [3.8, 4) is 0 Å². The molecule has 1 N–H and O–H groups in total. The molecular weight excluding hydrogens is 306 g/mol.